The molecule has 6 nitrogen and oxygen atoms in total. The molecule has 6 heteroatoms. The molecule has 4 aliphatic rings. The summed E-state index contributed by atoms with van der Waals surface area (Å²) in [6, 6.07) is 0. The number of aliphatic carboxylic acids is 1. The Kier molecular flexibility index (Phi) is 4.90. The summed E-state index contributed by atoms with van der Waals surface area (Å²) in [5.41, 5.74) is -0.0576. The standard InChI is InChI=1S/C24H32O6/c1-13-10-15-16(22(2)7-4-14(25)11-18(13)22)5-8-23(3)17(15)6-9-24(23,30)21(29)19(26)12-20(27)28/h5,11,13,15,17,19,26,30H,4,6-10,12H2,1-3H3,(H,27,28)/t13-,15-,17+,19?,22-,23+,24+/m1/s1. The summed E-state index contributed by atoms with van der Waals surface area (Å²) in [6.45, 7) is 6.31. The number of carboxylic acid groups (broad SMARTS) is 1. The van der Waals surface area contributed by atoms with Crippen LogP contribution in [-0.2, 0) is 14.4 Å². The van der Waals surface area contributed by atoms with E-state index in [0.29, 0.717) is 19.3 Å². The molecule has 0 amide bonds. The van der Waals surface area contributed by atoms with Crippen LogP contribution in [0.25, 0.3) is 0 Å². The fraction of sp³-hybridized carbons (Fsp3) is 0.708. The number of carboxylic acids is 1. The number of allylic oxidation sites excluding steroid dienone is 4. The zero-order valence-corrected chi connectivity index (χ0v) is 18.0. The quantitative estimate of drug-likeness (QED) is 0.608. The minimum absolute atomic E-state index is 0.0851. The second-order valence-electron chi connectivity index (χ2n) is 10.4. The molecule has 7 atom stereocenters. The SMILES string of the molecule is C[C@@H]1C[C@@H]2C(=CC[C@@]3(C)[C@H]2CC[C@]3(O)C(=O)C(O)CC(=O)O)[C@@]2(C)CCC(=O)C=C12. The number of rotatable bonds is 4. The van der Waals surface area contributed by atoms with Crippen LogP contribution in [0.3, 0.4) is 0 Å². The van der Waals surface area contributed by atoms with Gasteiger partial charge in [0.25, 0.3) is 0 Å². The highest BCUT2D eigenvalue weighted by Crippen LogP contribution is 2.66. The van der Waals surface area contributed by atoms with Crippen LogP contribution in [0.2, 0.25) is 0 Å². The summed E-state index contributed by atoms with van der Waals surface area (Å²) in [7, 11) is 0. The highest BCUT2D eigenvalue weighted by atomic mass is 16.4. The summed E-state index contributed by atoms with van der Waals surface area (Å²) in [4.78, 5) is 36.0. The number of aliphatic hydroxyl groups is 2. The molecule has 0 heterocycles. The van der Waals surface area contributed by atoms with Gasteiger partial charge in [0, 0.05) is 17.3 Å². The zero-order valence-electron chi connectivity index (χ0n) is 18.0. The molecule has 0 spiro atoms. The molecule has 0 radical (unpaired) electrons. The van der Waals surface area contributed by atoms with E-state index < -0.39 is 35.3 Å². The summed E-state index contributed by atoms with van der Waals surface area (Å²) >= 11 is 0. The third kappa shape index (κ3) is 2.79. The number of Topliss-reactive ketones (excluding diaryl/α,β-unsaturated/α-hetero) is 1. The van der Waals surface area contributed by atoms with Crippen molar-refractivity contribution >= 4 is 17.5 Å². The van der Waals surface area contributed by atoms with Crippen molar-refractivity contribution in [3.05, 3.63) is 23.3 Å². The van der Waals surface area contributed by atoms with Gasteiger partial charge in [-0.05, 0) is 55.9 Å². The molecule has 0 aliphatic heterocycles. The first kappa shape index (κ1) is 21.4. The lowest BCUT2D eigenvalue weighted by Gasteiger charge is -2.56. The van der Waals surface area contributed by atoms with Gasteiger partial charge in [-0.1, -0.05) is 38.0 Å². The van der Waals surface area contributed by atoms with Crippen LogP contribution in [0.5, 0.6) is 0 Å². The molecule has 0 saturated heterocycles. The van der Waals surface area contributed by atoms with Gasteiger partial charge in [-0.15, -0.1) is 0 Å². The van der Waals surface area contributed by atoms with E-state index in [4.69, 9.17) is 5.11 Å². The van der Waals surface area contributed by atoms with Crippen LogP contribution in [-0.4, -0.2) is 44.6 Å². The number of hydrogen-bond donors (Lipinski definition) is 3. The van der Waals surface area contributed by atoms with Gasteiger partial charge in [0.1, 0.15) is 11.7 Å². The Morgan fingerprint density at radius 1 is 1.23 bits per heavy atom. The van der Waals surface area contributed by atoms with Crippen molar-refractivity contribution < 1.29 is 29.7 Å². The second kappa shape index (κ2) is 6.86. The summed E-state index contributed by atoms with van der Waals surface area (Å²) in [5, 5.41) is 30.6. The van der Waals surface area contributed by atoms with Gasteiger partial charge in [-0.3, -0.25) is 14.4 Å². The first-order valence-corrected chi connectivity index (χ1v) is 11.1. The van der Waals surface area contributed by atoms with Crippen molar-refractivity contribution in [1.29, 1.82) is 0 Å². The van der Waals surface area contributed by atoms with Gasteiger partial charge in [0.05, 0.1) is 6.42 Å². The number of carbonyl (C=O) groups excluding carboxylic acids is 2. The number of fused-ring (bicyclic) bond motifs is 5. The molecule has 30 heavy (non-hydrogen) atoms. The van der Waals surface area contributed by atoms with Gasteiger partial charge < -0.3 is 15.3 Å². The predicted molar refractivity (Wildman–Crippen MR) is 109 cm³/mol. The molecule has 2 saturated carbocycles. The fourth-order valence-corrected chi connectivity index (χ4v) is 7.22. The Hall–Kier alpha value is -1.79. The molecule has 3 N–H and O–H groups in total. The van der Waals surface area contributed by atoms with E-state index in [-0.39, 0.29) is 35.4 Å². The van der Waals surface area contributed by atoms with Gasteiger partial charge in [-0.25, -0.2) is 0 Å². The Morgan fingerprint density at radius 2 is 1.93 bits per heavy atom. The molecule has 1 unspecified atom stereocenters. The van der Waals surface area contributed by atoms with Crippen molar-refractivity contribution in [2.45, 2.75) is 77.4 Å². The average molecular weight is 417 g/mol. The molecule has 2 fully saturated rings. The third-order valence-electron chi connectivity index (χ3n) is 8.89. The lowest BCUT2D eigenvalue weighted by molar-refractivity contribution is -0.164. The van der Waals surface area contributed by atoms with E-state index in [1.807, 2.05) is 13.0 Å². The summed E-state index contributed by atoms with van der Waals surface area (Å²) in [6.07, 6.45) is 5.27. The van der Waals surface area contributed by atoms with Crippen LogP contribution in [0.4, 0.5) is 0 Å². The Bertz CT molecular complexity index is 871. The topological polar surface area (TPSA) is 112 Å². The first-order valence-electron chi connectivity index (χ1n) is 11.1. The van der Waals surface area contributed by atoms with Gasteiger partial charge in [0.2, 0.25) is 0 Å². The number of hydrogen-bond acceptors (Lipinski definition) is 5. The van der Waals surface area contributed by atoms with Crippen LogP contribution in [0, 0.1) is 28.6 Å². The molecule has 164 valence electrons. The normalized spacial score (nSPS) is 43.6. The second-order valence-corrected chi connectivity index (χ2v) is 10.4. The van der Waals surface area contributed by atoms with Crippen molar-refractivity contribution in [2.75, 3.05) is 0 Å². The molecular weight excluding hydrogens is 384 g/mol. The lowest BCUT2D eigenvalue weighted by atomic mass is 9.48. The molecule has 4 aliphatic carbocycles. The van der Waals surface area contributed by atoms with E-state index in [0.717, 1.165) is 12.8 Å². The van der Waals surface area contributed by atoms with E-state index in [1.165, 1.54) is 11.1 Å². The predicted octanol–water partition coefficient (Wildman–Crippen LogP) is 2.82. The van der Waals surface area contributed by atoms with Gasteiger partial charge in [0.15, 0.2) is 11.6 Å². The van der Waals surface area contributed by atoms with E-state index in [9.17, 15) is 24.6 Å². The van der Waals surface area contributed by atoms with Crippen molar-refractivity contribution in [2.24, 2.45) is 28.6 Å². The summed E-state index contributed by atoms with van der Waals surface area (Å²) < 4.78 is 0. The van der Waals surface area contributed by atoms with Crippen LogP contribution >= 0.6 is 0 Å². The Labute approximate surface area is 177 Å². The fourth-order valence-electron chi connectivity index (χ4n) is 7.22. The Morgan fingerprint density at radius 3 is 2.60 bits per heavy atom. The van der Waals surface area contributed by atoms with Crippen molar-refractivity contribution in [3.8, 4) is 0 Å². The van der Waals surface area contributed by atoms with Gasteiger partial charge in [-0.2, -0.15) is 0 Å². The first-order chi connectivity index (χ1) is 13.9. The molecule has 0 aromatic rings. The van der Waals surface area contributed by atoms with Crippen molar-refractivity contribution in [3.63, 3.8) is 0 Å². The smallest absolute Gasteiger partial charge is 0.306 e. The average Bonchev–Trinajstić information content (AvgIpc) is 2.94. The lowest BCUT2D eigenvalue weighted by Crippen LogP contribution is -2.57. The van der Waals surface area contributed by atoms with E-state index in [1.54, 1.807) is 0 Å². The number of ketones is 2. The van der Waals surface area contributed by atoms with E-state index in [2.05, 4.69) is 19.9 Å². The van der Waals surface area contributed by atoms with Gasteiger partial charge >= 0.3 is 5.97 Å². The molecule has 0 aromatic carbocycles. The van der Waals surface area contributed by atoms with Crippen molar-refractivity contribution in [1.82, 2.24) is 0 Å². The van der Waals surface area contributed by atoms with Crippen LogP contribution in [0.1, 0.15) is 65.7 Å². The highest BCUT2D eigenvalue weighted by molar-refractivity contribution is 5.94. The highest BCUT2D eigenvalue weighted by Gasteiger charge is 2.65. The minimum atomic E-state index is -1.72. The van der Waals surface area contributed by atoms with Crippen LogP contribution < -0.4 is 0 Å². The molecule has 4 rings (SSSR count). The minimum Gasteiger partial charge on any atom is -0.481 e. The van der Waals surface area contributed by atoms with Crippen LogP contribution in [0.15, 0.2) is 23.3 Å². The van der Waals surface area contributed by atoms with E-state index >= 15 is 0 Å². The number of carbonyl (C=O) groups is 3. The largest absolute Gasteiger partial charge is 0.481 e. The summed E-state index contributed by atoms with van der Waals surface area (Å²) in [5.74, 6) is -1.27. The molecule has 0 aromatic heterocycles. The third-order valence-corrected chi connectivity index (χ3v) is 8.89. The maximum atomic E-state index is 13.0. The maximum Gasteiger partial charge on any atom is 0.306 e. The molecule has 0 bridgehead atoms. The Balaban J connectivity index is 1.71. The zero-order chi connectivity index (χ0) is 22.1. The molecular formula is C24H32O6. The number of aliphatic hydroxyl groups excluding tert-OH is 1. The maximum absolute atomic E-state index is 13.0. The monoisotopic (exact) mass is 416 g/mol.